The standard InChI is InChI=1S/C16H20N4O/c1-12-10-13(5-7-17-12)14-4-3-8-20(11-14)16(21)15-6-9-19(2)18-15/h5-7,9-10,14H,3-4,8,11H2,1-2H3/t14-/m0/s1. The van der Waals surface area contributed by atoms with Crippen LogP contribution < -0.4 is 0 Å². The van der Waals surface area contributed by atoms with Crippen molar-refractivity contribution in [2.45, 2.75) is 25.7 Å². The summed E-state index contributed by atoms with van der Waals surface area (Å²) in [5.74, 6) is 0.430. The SMILES string of the molecule is Cc1cc([C@H]2CCCN(C(=O)c3ccn(C)n3)C2)ccn1. The maximum atomic E-state index is 12.5. The second-order valence-electron chi connectivity index (χ2n) is 5.70. The lowest BCUT2D eigenvalue weighted by Crippen LogP contribution is -2.39. The molecule has 1 saturated heterocycles. The Morgan fingerprint density at radius 3 is 2.95 bits per heavy atom. The van der Waals surface area contributed by atoms with Gasteiger partial charge in [-0.2, -0.15) is 5.10 Å². The third-order valence-corrected chi connectivity index (χ3v) is 4.03. The number of aryl methyl sites for hydroxylation is 2. The number of rotatable bonds is 2. The van der Waals surface area contributed by atoms with Crippen LogP contribution in [0.15, 0.2) is 30.6 Å². The quantitative estimate of drug-likeness (QED) is 0.849. The van der Waals surface area contributed by atoms with E-state index in [0.29, 0.717) is 11.6 Å². The molecule has 1 fully saturated rings. The molecule has 1 atom stereocenters. The van der Waals surface area contributed by atoms with Crippen LogP contribution in [0.25, 0.3) is 0 Å². The van der Waals surface area contributed by atoms with E-state index in [1.54, 1.807) is 16.9 Å². The van der Waals surface area contributed by atoms with Crippen molar-refractivity contribution in [1.82, 2.24) is 19.7 Å². The van der Waals surface area contributed by atoms with Crippen LogP contribution in [-0.4, -0.2) is 38.7 Å². The normalized spacial score (nSPS) is 18.8. The minimum Gasteiger partial charge on any atom is -0.337 e. The van der Waals surface area contributed by atoms with Gasteiger partial charge >= 0.3 is 0 Å². The zero-order valence-corrected chi connectivity index (χ0v) is 12.5. The number of hydrogen-bond donors (Lipinski definition) is 0. The van der Waals surface area contributed by atoms with Gasteiger partial charge in [0.1, 0.15) is 5.69 Å². The van der Waals surface area contributed by atoms with Gasteiger partial charge in [-0.3, -0.25) is 14.5 Å². The van der Waals surface area contributed by atoms with Crippen LogP contribution in [0.4, 0.5) is 0 Å². The van der Waals surface area contributed by atoms with Gasteiger partial charge in [-0.25, -0.2) is 0 Å². The van der Waals surface area contributed by atoms with Gasteiger partial charge in [-0.1, -0.05) is 0 Å². The summed E-state index contributed by atoms with van der Waals surface area (Å²) >= 11 is 0. The lowest BCUT2D eigenvalue weighted by atomic mass is 9.90. The van der Waals surface area contributed by atoms with Crippen molar-refractivity contribution in [2.75, 3.05) is 13.1 Å². The fourth-order valence-electron chi connectivity index (χ4n) is 2.95. The molecule has 21 heavy (non-hydrogen) atoms. The molecular formula is C16H20N4O. The zero-order chi connectivity index (χ0) is 14.8. The molecular weight excluding hydrogens is 264 g/mol. The lowest BCUT2D eigenvalue weighted by Gasteiger charge is -2.32. The Labute approximate surface area is 124 Å². The third-order valence-electron chi connectivity index (χ3n) is 4.03. The van der Waals surface area contributed by atoms with Gasteiger partial charge in [0.25, 0.3) is 5.91 Å². The predicted molar refractivity (Wildman–Crippen MR) is 80.1 cm³/mol. The first kappa shape index (κ1) is 13.8. The Morgan fingerprint density at radius 2 is 2.24 bits per heavy atom. The second kappa shape index (κ2) is 5.68. The van der Waals surface area contributed by atoms with E-state index in [1.165, 1.54) is 5.56 Å². The van der Waals surface area contributed by atoms with Crippen LogP contribution in [0.1, 0.15) is 40.5 Å². The average molecular weight is 284 g/mol. The summed E-state index contributed by atoms with van der Waals surface area (Å²) in [6.45, 7) is 3.58. The summed E-state index contributed by atoms with van der Waals surface area (Å²) in [6.07, 6.45) is 5.81. The predicted octanol–water partition coefficient (Wildman–Crippen LogP) is 2.14. The molecule has 3 heterocycles. The minimum atomic E-state index is 0.0334. The molecule has 0 radical (unpaired) electrons. The van der Waals surface area contributed by atoms with Crippen molar-refractivity contribution in [3.8, 4) is 0 Å². The summed E-state index contributed by atoms with van der Waals surface area (Å²) in [6, 6.07) is 5.97. The van der Waals surface area contributed by atoms with Crippen LogP contribution in [0.2, 0.25) is 0 Å². The summed E-state index contributed by atoms with van der Waals surface area (Å²) in [4.78, 5) is 18.7. The molecule has 1 amide bonds. The molecule has 0 spiro atoms. The Hall–Kier alpha value is -2.17. The molecule has 1 aliphatic rings. The first-order valence-electron chi connectivity index (χ1n) is 7.35. The number of amides is 1. The highest BCUT2D eigenvalue weighted by Gasteiger charge is 2.26. The number of piperidine rings is 1. The maximum absolute atomic E-state index is 12.5. The first-order valence-corrected chi connectivity index (χ1v) is 7.35. The Morgan fingerprint density at radius 1 is 1.38 bits per heavy atom. The third kappa shape index (κ3) is 2.96. The van der Waals surface area contributed by atoms with E-state index in [1.807, 2.05) is 25.1 Å². The fraction of sp³-hybridized carbons (Fsp3) is 0.438. The van der Waals surface area contributed by atoms with Gasteiger partial charge in [0, 0.05) is 44.1 Å². The van der Waals surface area contributed by atoms with Crippen LogP contribution in [0.3, 0.4) is 0 Å². The minimum absolute atomic E-state index is 0.0334. The Kier molecular flexibility index (Phi) is 3.73. The van der Waals surface area contributed by atoms with E-state index in [9.17, 15) is 4.79 Å². The molecule has 0 aromatic carbocycles. The van der Waals surface area contributed by atoms with E-state index >= 15 is 0 Å². The summed E-state index contributed by atoms with van der Waals surface area (Å²) < 4.78 is 1.67. The molecule has 3 rings (SSSR count). The molecule has 5 nitrogen and oxygen atoms in total. The highest BCUT2D eigenvalue weighted by Crippen LogP contribution is 2.27. The maximum Gasteiger partial charge on any atom is 0.274 e. The summed E-state index contributed by atoms with van der Waals surface area (Å²) in [7, 11) is 1.83. The summed E-state index contributed by atoms with van der Waals surface area (Å²) in [5.41, 5.74) is 2.84. The Bertz CT molecular complexity index is 649. The highest BCUT2D eigenvalue weighted by atomic mass is 16.2. The van der Waals surface area contributed by atoms with Crippen molar-refractivity contribution in [3.05, 3.63) is 47.5 Å². The smallest absolute Gasteiger partial charge is 0.274 e. The molecule has 0 saturated carbocycles. The van der Waals surface area contributed by atoms with E-state index in [0.717, 1.165) is 31.6 Å². The Balaban J connectivity index is 1.75. The molecule has 5 heteroatoms. The largest absolute Gasteiger partial charge is 0.337 e. The molecule has 1 aliphatic heterocycles. The number of carbonyl (C=O) groups excluding carboxylic acids is 1. The molecule has 2 aromatic rings. The molecule has 0 N–H and O–H groups in total. The van der Waals surface area contributed by atoms with E-state index in [2.05, 4.69) is 22.2 Å². The monoisotopic (exact) mass is 284 g/mol. The molecule has 0 bridgehead atoms. The fourth-order valence-corrected chi connectivity index (χ4v) is 2.95. The molecule has 110 valence electrons. The highest BCUT2D eigenvalue weighted by molar-refractivity contribution is 5.92. The van der Waals surface area contributed by atoms with Crippen molar-refractivity contribution in [1.29, 1.82) is 0 Å². The van der Waals surface area contributed by atoms with E-state index < -0.39 is 0 Å². The van der Waals surface area contributed by atoms with E-state index in [4.69, 9.17) is 0 Å². The molecule has 0 aliphatic carbocycles. The number of nitrogens with zero attached hydrogens (tertiary/aromatic N) is 4. The average Bonchev–Trinajstić information content (AvgIpc) is 2.93. The van der Waals surface area contributed by atoms with Crippen molar-refractivity contribution in [2.24, 2.45) is 7.05 Å². The molecule has 2 aromatic heterocycles. The van der Waals surface area contributed by atoms with Gasteiger partial charge in [0.2, 0.25) is 0 Å². The van der Waals surface area contributed by atoms with Gasteiger partial charge < -0.3 is 4.90 Å². The van der Waals surface area contributed by atoms with Gasteiger partial charge in [0.15, 0.2) is 0 Å². The van der Waals surface area contributed by atoms with Gasteiger partial charge in [-0.15, -0.1) is 0 Å². The van der Waals surface area contributed by atoms with Gasteiger partial charge in [-0.05, 0) is 43.5 Å². The number of likely N-dealkylation sites (tertiary alicyclic amines) is 1. The topological polar surface area (TPSA) is 51.0 Å². The lowest BCUT2D eigenvalue weighted by molar-refractivity contribution is 0.0700. The summed E-state index contributed by atoms with van der Waals surface area (Å²) in [5, 5.41) is 4.21. The van der Waals surface area contributed by atoms with Gasteiger partial charge in [0.05, 0.1) is 0 Å². The van der Waals surface area contributed by atoms with Crippen LogP contribution >= 0.6 is 0 Å². The number of hydrogen-bond acceptors (Lipinski definition) is 3. The first-order chi connectivity index (χ1) is 10.1. The van der Waals surface area contributed by atoms with Crippen molar-refractivity contribution < 1.29 is 4.79 Å². The van der Waals surface area contributed by atoms with Crippen molar-refractivity contribution in [3.63, 3.8) is 0 Å². The number of aromatic nitrogens is 3. The molecule has 0 unspecified atom stereocenters. The number of pyridine rings is 1. The number of carbonyl (C=O) groups is 1. The zero-order valence-electron chi connectivity index (χ0n) is 12.5. The van der Waals surface area contributed by atoms with Crippen LogP contribution in [-0.2, 0) is 7.05 Å². The van der Waals surface area contributed by atoms with Crippen LogP contribution in [0, 0.1) is 6.92 Å². The second-order valence-corrected chi connectivity index (χ2v) is 5.70. The van der Waals surface area contributed by atoms with E-state index in [-0.39, 0.29) is 5.91 Å². The van der Waals surface area contributed by atoms with Crippen LogP contribution in [0.5, 0.6) is 0 Å². The van der Waals surface area contributed by atoms with Crippen molar-refractivity contribution >= 4 is 5.91 Å².